The molecular formula is C10H8BrNO2. The zero-order chi connectivity index (χ0) is 10.1. The van der Waals surface area contributed by atoms with Crippen molar-refractivity contribution >= 4 is 26.7 Å². The normalized spacial score (nSPS) is 10.4. The summed E-state index contributed by atoms with van der Waals surface area (Å²) in [6.07, 6.45) is 1.63. The van der Waals surface area contributed by atoms with Crippen LogP contribution in [0.5, 0.6) is 5.75 Å². The van der Waals surface area contributed by atoms with Gasteiger partial charge in [0.25, 0.3) is 5.56 Å². The highest BCUT2D eigenvalue weighted by molar-refractivity contribution is 9.10. The van der Waals surface area contributed by atoms with Crippen LogP contribution >= 0.6 is 15.9 Å². The van der Waals surface area contributed by atoms with Crippen LogP contribution in [-0.2, 0) is 0 Å². The number of hydrogen-bond acceptors (Lipinski definition) is 2. The monoisotopic (exact) mass is 253 g/mol. The molecule has 0 spiro atoms. The van der Waals surface area contributed by atoms with Gasteiger partial charge in [-0.3, -0.25) is 4.79 Å². The van der Waals surface area contributed by atoms with E-state index in [-0.39, 0.29) is 5.56 Å². The Kier molecular flexibility index (Phi) is 2.29. The van der Waals surface area contributed by atoms with Gasteiger partial charge in [-0.1, -0.05) is 12.1 Å². The van der Waals surface area contributed by atoms with Crippen LogP contribution in [0.4, 0.5) is 0 Å². The van der Waals surface area contributed by atoms with E-state index in [1.807, 2.05) is 12.1 Å². The van der Waals surface area contributed by atoms with Crippen molar-refractivity contribution in [3.63, 3.8) is 0 Å². The second kappa shape index (κ2) is 3.46. The molecule has 0 saturated carbocycles. The third-order valence-corrected chi connectivity index (χ3v) is 2.72. The maximum atomic E-state index is 11.6. The number of benzene rings is 1. The fourth-order valence-corrected chi connectivity index (χ4v) is 1.86. The summed E-state index contributed by atoms with van der Waals surface area (Å²) in [5.74, 6) is 0.588. The molecule has 0 atom stereocenters. The smallest absolute Gasteiger partial charge is 0.259 e. The van der Waals surface area contributed by atoms with Crippen LogP contribution in [0.3, 0.4) is 0 Å². The van der Waals surface area contributed by atoms with Gasteiger partial charge in [0.2, 0.25) is 0 Å². The lowest BCUT2D eigenvalue weighted by Gasteiger charge is -2.04. The van der Waals surface area contributed by atoms with E-state index in [0.717, 1.165) is 9.86 Å². The quantitative estimate of drug-likeness (QED) is 0.848. The van der Waals surface area contributed by atoms with E-state index in [2.05, 4.69) is 20.9 Å². The van der Waals surface area contributed by atoms with Crippen molar-refractivity contribution in [1.82, 2.24) is 4.98 Å². The Morgan fingerprint density at radius 3 is 2.93 bits per heavy atom. The molecule has 0 radical (unpaired) electrons. The molecule has 0 aliphatic rings. The number of ether oxygens (including phenoxy) is 1. The van der Waals surface area contributed by atoms with Crippen molar-refractivity contribution < 1.29 is 4.74 Å². The van der Waals surface area contributed by atoms with Crippen LogP contribution in [0, 0.1) is 0 Å². The average molecular weight is 254 g/mol. The van der Waals surface area contributed by atoms with Gasteiger partial charge in [-0.05, 0) is 22.0 Å². The minimum atomic E-state index is -0.138. The predicted octanol–water partition coefficient (Wildman–Crippen LogP) is 2.30. The molecule has 2 aromatic rings. The van der Waals surface area contributed by atoms with E-state index < -0.39 is 0 Å². The molecule has 1 N–H and O–H groups in total. The maximum Gasteiger partial charge on any atom is 0.259 e. The van der Waals surface area contributed by atoms with Crippen LogP contribution in [0.2, 0.25) is 0 Å². The minimum Gasteiger partial charge on any atom is -0.496 e. The van der Waals surface area contributed by atoms with Gasteiger partial charge in [0.1, 0.15) is 5.75 Å². The standard InChI is InChI=1S/C10H8BrNO2/c1-14-8-4-2-3-6-7(11)5-12-10(13)9(6)8/h2-5H,1H3,(H,12,13). The summed E-state index contributed by atoms with van der Waals surface area (Å²) < 4.78 is 5.98. The summed E-state index contributed by atoms with van der Waals surface area (Å²) in [6.45, 7) is 0. The Hall–Kier alpha value is -1.29. The van der Waals surface area contributed by atoms with E-state index in [0.29, 0.717) is 11.1 Å². The predicted molar refractivity (Wildman–Crippen MR) is 58.8 cm³/mol. The van der Waals surface area contributed by atoms with Crippen molar-refractivity contribution in [2.24, 2.45) is 0 Å². The number of fused-ring (bicyclic) bond motifs is 1. The zero-order valence-corrected chi connectivity index (χ0v) is 9.09. The number of aromatic nitrogens is 1. The molecular weight excluding hydrogens is 246 g/mol. The van der Waals surface area contributed by atoms with E-state index in [1.54, 1.807) is 19.4 Å². The van der Waals surface area contributed by atoms with Gasteiger partial charge in [0, 0.05) is 16.1 Å². The molecule has 0 aliphatic heterocycles. The summed E-state index contributed by atoms with van der Waals surface area (Å²) in [6, 6.07) is 5.49. The van der Waals surface area contributed by atoms with Crippen molar-refractivity contribution in [1.29, 1.82) is 0 Å². The van der Waals surface area contributed by atoms with Gasteiger partial charge in [0.05, 0.1) is 12.5 Å². The summed E-state index contributed by atoms with van der Waals surface area (Å²) in [5.41, 5.74) is -0.138. The lowest BCUT2D eigenvalue weighted by Crippen LogP contribution is -2.06. The molecule has 0 fully saturated rings. The van der Waals surface area contributed by atoms with Crippen molar-refractivity contribution in [2.45, 2.75) is 0 Å². The molecule has 72 valence electrons. The lowest BCUT2D eigenvalue weighted by molar-refractivity contribution is 0.419. The van der Waals surface area contributed by atoms with Gasteiger partial charge < -0.3 is 9.72 Å². The largest absolute Gasteiger partial charge is 0.496 e. The van der Waals surface area contributed by atoms with E-state index in [4.69, 9.17) is 4.74 Å². The van der Waals surface area contributed by atoms with Gasteiger partial charge in [-0.25, -0.2) is 0 Å². The Morgan fingerprint density at radius 1 is 1.43 bits per heavy atom. The van der Waals surface area contributed by atoms with Crippen LogP contribution in [-0.4, -0.2) is 12.1 Å². The number of rotatable bonds is 1. The van der Waals surface area contributed by atoms with E-state index in [1.165, 1.54) is 0 Å². The van der Waals surface area contributed by atoms with Crippen molar-refractivity contribution in [3.8, 4) is 5.75 Å². The molecule has 14 heavy (non-hydrogen) atoms. The number of halogens is 1. The SMILES string of the molecule is COc1cccc2c(Br)c[nH]c(=O)c12. The highest BCUT2D eigenvalue weighted by Crippen LogP contribution is 2.26. The second-order valence-corrected chi connectivity index (χ2v) is 3.70. The molecule has 4 heteroatoms. The van der Waals surface area contributed by atoms with Crippen LogP contribution < -0.4 is 10.3 Å². The second-order valence-electron chi connectivity index (χ2n) is 2.85. The summed E-state index contributed by atoms with van der Waals surface area (Å²) in [5, 5.41) is 1.43. The van der Waals surface area contributed by atoms with Crippen molar-refractivity contribution in [2.75, 3.05) is 7.11 Å². The summed E-state index contributed by atoms with van der Waals surface area (Å²) >= 11 is 3.37. The molecule has 2 rings (SSSR count). The van der Waals surface area contributed by atoms with Crippen molar-refractivity contribution in [3.05, 3.63) is 39.2 Å². The molecule has 1 aromatic heterocycles. The molecule has 1 aromatic carbocycles. The molecule has 0 amide bonds. The first-order valence-corrected chi connectivity index (χ1v) is 4.87. The first kappa shape index (κ1) is 9.27. The first-order valence-electron chi connectivity index (χ1n) is 4.08. The van der Waals surface area contributed by atoms with Gasteiger partial charge in [-0.15, -0.1) is 0 Å². The molecule has 0 aliphatic carbocycles. The van der Waals surface area contributed by atoms with Gasteiger partial charge >= 0.3 is 0 Å². The summed E-state index contributed by atoms with van der Waals surface area (Å²) in [4.78, 5) is 14.2. The number of nitrogens with one attached hydrogen (secondary N) is 1. The van der Waals surface area contributed by atoms with Gasteiger partial charge in [0.15, 0.2) is 0 Å². The van der Waals surface area contributed by atoms with Crippen LogP contribution in [0.15, 0.2) is 33.7 Å². The van der Waals surface area contributed by atoms with E-state index >= 15 is 0 Å². The fraction of sp³-hybridized carbons (Fsp3) is 0.100. The topological polar surface area (TPSA) is 42.1 Å². The Balaban J connectivity index is 2.99. The van der Waals surface area contributed by atoms with Gasteiger partial charge in [-0.2, -0.15) is 0 Å². The first-order chi connectivity index (χ1) is 6.74. The average Bonchev–Trinajstić information content (AvgIpc) is 2.23. The Bertz CT molecular complexity index is 533. The number of methoxy groups -OCH3 is 1. The molecule has 0 bridgehead atoms. The summed E-state index contributed by atoms with van der Waals surface area (Å²) in [7, 11) is 1.55. The fourth-order valence-electron chi connectivity index (χ4n) is 1.41. The van der Waals surface area contributed by atoms with Crippen LogP contribution in [0.1, 0.15) is 0 Å². The molecule has 0 unspecified atom stereocenters. The number of H-pyrrole nitrogens is 1. The third-order valence-electron chi connectivity index (χ3n) is 2.06. The van der Waals surface area contributed by atoms with E-state index in [9.17, 15) is 4.79 Å². The highest BCUT2D eigenvalue weighted by Gasteiger charge is 2.07. The molecule has 0 saturated heterocycles. The number of pyridine rings is 1. The highest BCUT2D eigenvalue weighted by atomic mass is 79.9. The maximum absolute atomic E-state index is 11.6. The number of aromatic amines is 1. The molecule has 3 nitrogen and oxygen atoms in total. The Labute approximate surface area is 88.8 Å². The Morgan fingerprint density at radius 2 is 2.21 bits per heavy atom. The zero-order valence-electron chi connectivity index (χ0n) is 7.50. The lowest BCUT2D eigenvalue weighted by atomic mass is 10.1. The third kappa shape index (κ3) is 1.32. The van der Waals surface area contributed by atoms with Crippen LogP contribution in [0.25, 0.3) is 10.8 Å². The minimum absolute atomic E-state index is 0.138. The molecule has 1 heterocycles. The number of hydrogen-bond donors (Lipinski definition) is 1.